The second-order valence-corrected chi connectivity index (χ2v) is 5.04. The fourth-order valence-electron chi connectivity index (χ4n) is 1.93. The molecule has 2 heterocycles. The van der Waals surface area contributed by atoms with Crippen molar-refractivity contribution in [2.24, 2.45) is 0 Å². The first kappa shape index (κ1) is 12.8. The standard InChI is InChI=1S/C13H17N5O2/c1-3-18-7-10(6-14-18)12(19)15-8(2)13-16-11(17-20-13)9-4-5-9/h6-9H,3-5H2,1-2H3,(H,15,19)/t8-/m0/s1. The summed E-state index contributed by atoms with van der Waals surface area (Å²) in [5.74, 6) is 1.45. The Kier molecular flexibility index (Phi) is 3.25. The first-order valence-corrected chi connectivity index (χ1v) is 6.84. The van der Waals surface area contributed by atoms with Crippen molar-refractivity contribution in [3.63, 3.8) is 0 Å². The lowest BCUT2D eigenvalue weighted by Gasteiger charge is -2.07. The molecule has 1 fully saturated rings. The van der Waals surface area contributed by atoms with Gasteiger partial charge in [0, 0.05) is 18.7 Å². The van der Waals surface area contributed by atoms with Crippen LogP contribution in [0.5, 0.6) is 0 Å². The summed E-state index contributed by atoms with van der Waals surface area (Å²) in [6.07, 6.45) is 5.51. The monoisotopic (exact) mass is 275 g/mol. The number of aryl methyl sites for hydroxylation is 1. The van der Waals surface area contributed by atoms with Crippen LogP contribution in [0.1, 0.15) is 60.7 Å². The highest BCUT2D eigenvalue weighted by Gasteiger charge is 2.29. The quantitative estimate of drug-likeness (QED) is 0.896. The van der Waals surface area contributed by atoms with Crippen LogP contribution in [0.4, 0.5) is 0 Å². The Labute approximate surface area is 116 Å². The number of amides is 1. The predicted octanol–water partition coefficient (Wildman–Crippen LogP) is 1.65. The molecule has 2 aromatic heterocycles. The molecule has 0 saturated heterocycles. The largest absolute Gasteiger partial charge is 0.340 e. The van der Waals surface area contributed by atoms with Crippen LogP contribution in [0, 0.1) is 0 Å². The van der Waals surface area contributed by atoms with Crippen molar-refractivity contribution in [3.8, 4) is 0 Å². The van der Waals surface area contributed by atoms with Gasteiger partial charge in [-0.15, -0.1) is 0 Å². The van der Waals surface area contributed by atoms with Crippen LogP contribution >= 0.6 is 0 Å². The van der Waals surface area contributed by atoms with Crippen molar-refractivity contribution >= 4 is 5.91 Å². The average Bonchev–Trinajstić information content (AvgIpc) is 3.00. The van der Waals surface area contributed by atoms with Gasteiger partial charge in [0.2, 0.25) is 5.89 Å². The lowest BCUT2D eigenvalue weighted by Crippen LogP contribution is -2.26. The molecule has 7 nitrogen and oxygen atoms in total. The smallest absolute Gasteiger partial charge is 0.255 e. The van der Waals surface area contributed by atoms with E-state index in [2.05, 4.69) is 20.6 Å². The number of hydrogen-bond donors (Lipinski definition) is 1. The fourth-order valence-corrected chi connectivity index (χ4v) is 1.93. The van der Waals surface area contributed by atoms with E-state index in [1.165, 1.54) is 0 Å². The molecule has 2 aromatic rings. The maximum Gasteiger partial charge on any atom is 0.255 e. The summed E-state index contributed by atoms with van der Waals surface area (Å²) in [6.45, 7) is 4.53. The zero-order valence-corrected chi connectivity index (χ0v) is 11.5. The van der Waals surface area contributed by atoms with E-state index in [0.29, 0.717) is 17.4 Å². The van der Waals surface area contributed by atoms with E-state index in [9.17, 15) is 4.79 Å². The minimum atomic E-state index is -0.313. The summed E-state index contributed by atoms with van der Waals surface area (Å²) in [4.78, 5) is 16.4. The van der Waals surface area contributed by atoms with Gasteiger partial charge in [-0.3, -0.25) is 9.48 Å². The first-order chi connectivity index (χ1) is 9.67. The van der Waals surface area contributed by atoms with Crippen LogP contribution < -0.4 is 5.32 Å². The first-order valence-electron chi connectivity index (χ1n) is 6.84. The van der Waals surface area contributed by atoms with Crippen LogP contribution in [0.3, 0.4) is 0 Å². The van der Waals surface area contributed by atoms with Crippen molar-refractivity contribution in [3.05, 3.63) is 29.7 Å². The van der Waals surface area contributed by atoms with E-state index in [0.717, 1.165) is 25.2 Å². The zero-order chi connectivity index (χ0) is 14.1. The predicted molar refractivity (Wildman–Crippen MR) is 70.1 cm³/mol. The van der Waals surface area contributed by atoms with Crippen molar-refractivity contribution < 1.29 is 9.32 Å². The highest BCUT2D eigenvalue weighted by atomic mass is 16.5. The van der Waals surface area contributed by atoms with Crippen molar-refractivity contribution in [1.29, 1.82) is 0 Å². The summed E-state index contributed by atoms with van der Waals surface area (Å²) >= 11 is 0. The van der Waals surface area contributed by atoms with Gasteiger partial charge < -0.3 is 9.84 Å². The number of hydrogen-bond acceptors (Lipinski definition) is 5. The molecule has 20 heavy (non-hydrogen) atoms. The molecule has 1 aliphatic rings. The maximum atomic E-state index is 12.1. The molecule has 0 aliphatic heterocycles. The minimum Gasteiger partial charge on any atom is -0.340 e. The van der Waals surface area contributed by atoms with Crippen LogP contribution in [0.2, 0.25) is 0 Å². The summed E-state index contributed by atoms with van der Waals surface area (Å²) in [7, 11) is 0. The van der Waals surface area contributed by atoms with Gasteiger partial charge in [-0.05, 0) is 26.7 Å². The van der Waals surface area contributed by atoms with E-state index in [4.69, 9.17) is 4.52 Å². The highest BCUT2D eigenvalue weighted by Crippen LogP contribution is 2.38. The summed E-state index contributed by atoms with van der Waals surface area (Å²) in [5, 5.41) is 10.9. The second kappa shape index (κ2) is 5.07. The molecule has 7 heteroatoms. The molecule has 0 spiro atoms. The fraction of sp³-hybridized carbons (Fsp3) is 0.538. The van der Waals surface area contributed by atoms with Gasteiger partial charge in [-0.25, -0.2) is 0 Å². The molecule has 1 saturated carbocycles. The van der Waals surface area contributed by atoms with E-state index >= 15 is 0 Å². The molecule has 1 amide bonds. The Hall–Kier alpha value is -2.18. The van der Waals surface area contributed by atoms with Gasteiger partial charge in [0.15, 0.2) is 5.82 Å². The number of aromatic nitrogens is 4. The number of carbonyl (C=O) groups is 1. The van der Waals surface area contributed by atoms with Crippen LogP contribution in [0.15, 0.2) is 16.9 Å². The van der Waals surface area contributed by atoms with Crippen molar-refractivity contribution in [2.45, 2.75) is 45.2 Å². The molecule has 1 N–H and O–H groups in total. The van der Waals surface area contributed by atoms with E-state index in [-0.39, 0.29) is 11.9 Å². The highest BCUT2D eigenvalue weighted by molar-refractivity contribution is 5.93. The lowest BCUT2D eigenvalue weighted by atomic mass is 10.3. The number of carbonyl (C=O) groups excluding carboxylic acids is 1. The van der Waals surface area contributed by atoms with Crippen LogP contribution in [-0.4, -0.2) is 25.8 Å². The molecular weight excluding hydrogens is 258 g/mol. The lowest BCUT2D eigenvalue weighted by molar-refractivity contribution is 0.0932. The topological polar surface area (TPSA) is 85.8 Å². The summed E-state index contributed by atoms with van der Waals surface area (Å²) in [6, 6.07) is -0.313. The Morgan fingerprint density at radius 1 is 1.60 bits per heavy atom. The summed E-state index contributed by atoms with van der Waals surface area (Å²) in [5.41, 5.74) is 0.528. The molecule has 0 aromatic carbocycles. The Morgan fingerprint density at radius 2 is 2.40 bits per heavy atom. The third-order valence-corrected chi connectivity index (χ3v) is 3.34. The van der Waals surface area contributed by atoms with Gasteiger partial charge in [0.25, 0.3) is 5.91 Å². The van der Waals surface area contributed by atoms with Gasteiger partial charge >= 0.3 is 0 Å². The molecule has 1 atom stereocenters. The zero-order valence-electron chi connectivity index (χ0n) is 11.5. The minimum absolute atomic E-state index is 0.191. The van der Waals surface area contributed by atoms with Gasteiger partial charge in [-0.1, -0.05) is 5.16 Å². The molecule has 0 unspecified atom stereocenters. The normalized spacial score (nSPS) is 16.1. The van der Waals surface area contributed by atoms with E-state index in [1.54, 1.807) is 17.1 Å². The SMILES string of the molecule is CCn1cc(C(=O)N[C@@H](C)c2nc(C3CC3)no2)cn1. The van der Waals surface area contributed by atoms with Gasteiger partial charge in [0.05, 0.1) is 11.8 Å². The Morgan fingerprint density at radius 3 is 3.05 bits per heavy atom. The maximum absolute atomic E-state index is 12.1. The number of nitrogens with one attached hydrogen (secondary N) is 1. The molecule has 3 rings (SSSR count). The summed E-state index contributed by atoms with van der Waals surface area (Å²) < 4.78 is 6.90. The molecule has 106 valence electrons. The van der Waals surface area contributed by atoms with Crippen molar-refractivity contribution in [1.82, 2.24) is 25.2 Å². The Bertz CT molecular complexity index is 614. The second-order valence-electron chi connectivity index (χ2n) is 5.04. The third kappa shape index (κ3) is 2.56. The van der Waals surface area contributed by atoms with Gasteiger partial charge in [-0.2, -0.15) is 10.1 Å². The van der Waals surface area contributed by atoms with Crippen LogP contribution in [-0.2, 0) is 6.54 Å². The van der Waals surface area contributed by atoms with Crippen molar-refractivity contribution in [2.75, 3.05) is 0 Å². The number of rotatable bonds is 5. The Balaban J connectivity index is 1.64. The van der Waals surface area contributed by atoms with Gasteiger partial charge in [0.1, 0.15) is 6.04 Å². The van der Waals surface area contributed by atoms with E-state index in [1.807, 2.05) is 13.8 Å². The molecular formula is C13H17N5O2. The third-order valence-electron chi connectivity index (χ3n) is 3.34. The number of nitrogens with zero attached hydrogens (tertiary/aromatic N) is 4. The average molecular weight is 275 g/mol. The van der Waals surface area contributed by atoms with E-state index < -0.39 is 0 Å². The molecule has 0 bridgehead atoms. The molecule has 1 aliphatic carbocycles. The van der Waals surface area contributed by atoms with Crippen LogP contribution in [0.25, 0.3) is 0 Å². The molecule has 0 radical (unpaired) electrons.